The standard InChI is InChI=1S/C26H25FN4O4S/c1-26(2,17-28)31-36(34,35)22-14-12-21(13-15-22)29-25(33)23(16-18-6-4-3-5-7-18)30-24(32)19-8-10-20(27)11-9-19/h3-15,23,31H,16H2,1-2H3,(H,29,33)(H,30,32)/t23-/m0/s1. The van der Waals surface area contributed by atoms with E-state index >= 15 is 0 Å². The lowest BCUT2D eigenvalue weighted by molar-refractivity contribution is -0.118. The fourth-order valence-corrected chi connectivity index (χ4v) is 4.60. The molecule has 0 heterocycles. The minimum Gasteiger partial charge on any atom is -0.340 e. The molecule has 0 saturated carbocycles. The van der Waals surface area contributed by atoms with Gasteiger partial charge < -0.3 is 10.6 Å². The van der Waals surface area contributed by atoms with Gasteiger partial charge in [0, 0.05) is 17.7 Å². The summed E-state index contributed by atoms with van der Waals surface area (Å²) in [6.07, 6.45) is 0.194. The largest absolute Gasteiger partial charge is 0.340 e. The molecule has 0 saturated heterocycles. The zero-order valence-electron chi connectivity index (χ0n) is 19.7. The lowest BCUT2D eigenvalue weighted by Gasteiger charge is -2.19. The maximum absolute atomic E-state index is 13.2. The molecule has 1 atom stereocenters. The van der Waals surface area contributed by atoms with E-state index in [0.29, 0.717) is 5.69 Å². The molecule has 3 rings (SSSR count). The second-order valence-corrected chi connectivity index (χ2v) is 10.3. The van der Waals surface area contributed by atoms with Gasteiger partial charge in [-0.25, -0.2) is 12.8 Å². The van der Waals surface area contributed by atoms with Gasteiger partial charge in [-0.05, 0) is 67.9 Å². The molecule has 8 nitrogen and oxygen atoms in total. The summed E-state index contributed by atoms with van der Waals surface area (Å²) in [6, 6.07) is 20.4. The molecule has 10 heteroatoms. The Morgan fingerprint density at radius 3 is 2.17 bits per heavy atom. The predicted molar refractivity (Wildman–Crippen MR) is 133 cm³/mol. The summed E-state index contributed by atoms with van der Waals surface area (Å²) in [7, 11) is -3.95. The van der Waals surface area contributed by atoms with Gasteiger partial charge in [0.1, 0.15) is 17.4 Å². The first-order valence-electron chi connectivity index (χ1n) is 11.0. The van der Waals surface area contributed by atoms with Crippen LogP contribution < -0.4 is 15.4 Å². The molecular formula is C26H25FN4O4S. The minimum atomic E-state index is -3.95. The Bertz CT molecular complexity index is 1370. The first-order chi connectivity index (χ1) is 17.0. The van der Waals surface area contributed by atoms with Crippen LogP contribution in [-0.2, 0) is 21.2 Å². The van der Waals surface area contributed by atoms with E-state index in [1.54, 1.807) is 0 Å². The van der Waals surface area contributed by atoms with Crippen LogP contribution in [0.2, 0.25) is 0 Å². The quantitative estimate of drug-likeness (QED) is 0.408. The van der Waals surface area contributed by atoms with Crippen LogP contribution in [0.5, 0.6) is 0 Å². The SMILES string of the molecule is CC(C)(C#N)NS(=O)(=O)c1ccc(NC(=O)[C@H](Cc2ccccc2)NC(=O)c2ccc(F)cc2)cc1. The highest BCUT2D eigenvalue weighted by atomic mass is 32.2. The summed E-state index contributed by atoms with van der Waals surface area (Å²) in [5.74, 6) is -1.55. The van der Waals surface area contributed by atoms with Crippen LogP contribution in [-0.4, -0.2) is 31.8 Å². The molecule has 3 N–H and O–H groups in total. The van der Waals surface area contributed by atoms with E-state index in [2.05, 4.69) is 15.4 Å². The number of nitrogens with zero attached hydrogens (tertiary/aromatic N) is 1. The number of carbonyl (C=O) groups is 2. The number of benzene rings is 3. The van der Waals surface area contributed by atoms with Crippen LogP contribution in [0.1, 0.15) is 29.8 Å². The fraction of sp³-hybridized carbons (Fsp3) is 0.192. The van der Waals surface area contributed by atoms with Crippen molar-refractivity contribution in [3.63, 3.8) is 0 Å². The molecule has 0 unspecified atom stereocenters. The number of halogens is 1. The third-order valence-corrected chi connectivity index (χ3v) is 6.78. The van der Waals surface area contributed by atoms with Gasteiger partial charge in [-0.1, -0.05) is 30.3 Å². The van der Waals surface area contributed by atoms with E-state index < -0.39 is 39.2 Å². The summed E-state index contributed by atoms with van der Waals surface area (Å²) >= 11 is 0. The first-order valence-corrected chi connectivity index (χ1v) is 12.4. The molecule has 0 spiro atoms. The summed E-state index contributed by atoms with van der Waals surface area (Å²) < 4.78 is 40.5. The van der Waals surface area contributed by atoms with E-state index in [9.17, 15) is 22.4 Å². The molecule has 186 valence electrons. The van der Waals surface area contributed by atoms with Crippen LogP contribution in [0.3, 0.4) is 0 Å². The van der Waals surface area contributed by atoms with E-state index in [1.807, 2.05) is 36.4 Å². The lowest BCUT2D eigenvalue weighted by atomic mass is 10.0. The minimum absolute atomic E-state index is 0.0747. The van der Waals surface area contributed by atoms with E-state index in [4.69, 9.17) is 5.26 Å². The van der Waals surface area contributed by atoms with Crippen molar-refractivity contribution >= 4 is 27.5 Å². The van der Waals surface area contributed by atoms with Gasteiger partial charge in [0.2, 0.25) is 15.9 Å². The van der Waals surface area contributed by atoms with Gasteiger partial charge >= 0.3 is 0 Å². The van der Waals surface area contributed by atoms with Crippen molar-refractivity contribution in [2.75, 3.05) is 5.32 Å². The third kappa shape index (κ3) is 7.21. The number of hydrogen-bond donors (Lipinski definition) is 3. The molecule has 3 aromatic rings. The normalized spacial score (nSPS) is 12.3. The molecule has 0 radical (unpaired) electrons. The molecule has 36 heavy (non-hydrogen) atoms. The topological polar surface area (TPSA) is 128 Å². The van der Waals surface area contributed by atoms with Crippen molar-refractivity contribution in [3.05, 3.63) is 95.8 Å². The van der Waals surface area contributed by atoms with Crippen molar-refractivity contribution < 1.29 is 22.4 Å². The number of carbonyl (C=O) groups excluding carboxylic acids is 2. The molecule has 0 bridgehead atoms. The second kappa shape index (κ2) is 11.1. The van der Waals surface area contributed by atoms with E-state index in [1.165, 1.54) is 50.2 Å². The van der Waals surface area contributed by atoms with Gasteiger partial charge in [-0.2, -0.15) is 9.98 Å². The Labute approximate surface area is 209 Å². The van der Waals surface area contributed by atoms with Crippen molar-refractivity contribution in [1.82, 2.24) is 10.0 Å². The number of rotatable bonds is 9. The van der Waals surface area contributed by atoms with Crippen LogP contribution >= 0.6 is 0 Å². The Kier molecular flexibility index (Phi) is 8.19. The molecule has 0 aliphatic rings. The van der Waals surface area contributed by atoms with Crippen molar-refractivity contribution in [2.24, 2.45) is 0 Å². The zero-order valence-corrected chi connectivity index (χ0v) is 20.5. The van der Waals surface area contributed by atoms with E-state index in [0.717, 1.165) is 17.7 Å². The number of sulfonamides is 1. The van der Waals surface area contributed by atoms with Crippen molar-refractivity contribution in [1.29, 1.82) is 5.26 Å². The highest BCUT2D eigenvalue weighted by Gasteiger charge is 2.26. The highest BCUT2D eigenvalue weighted by Crippen LogP contribution is 2.17. The van der Waals surface area contributed by atoms with Gasteiger partial charge in [0.25, 0.3) is 5.91 Å². The van der Waals surface area contributed by atoms with Crippen molar-refractivity contribution in [3.8, 4) is 6.07 Å². The van der Waals surface area contributed by atoms with Crippen LogP contribution in [0.4, 0.5) is 10.1 Å². The number of amides is 2. The van der Waals surface area contributed by atoms with E-state index in [-0.39, 0.29) is 16.9 Å². The number of anilines is 1. The Balaban J connectivity index is 1.77. The fourth-order valence-electron chi connectivity index (χ4n) is 3.27. The second-order valence-electron chi connectivity index (χ2n) is 8.58. The van der Waals surface area contributed by atoms with Crippen LogP contribution in [0.15, 0.2) is 83.8 Å². The van der Waals surface area contributed by atoms with Gasteiger partial charge in [-0.15, -0.1) is 0 Å². The summed E-state index contributed by atoms with van der Waals surface area (Å²) in [5, 5.41) is 14.4. The smallest absolute Gasteiger partial charge is 0.251 e. The average molecular weight is 509 g/mol. The van der Waals surface area contributed by atoms with Crippen LogP contribution in [0.25, 0.3) is 0 Å². The van der Waals surface area contributed by atoms with Gasteiger partial charge in [-0.3, -0.25) is 9.59 Å². The number of hydrogen-bond acceptors (Lipinski definition) is 5. The molecule has 0 aliphatic carbocycles. The molecular weight excluding hydrogens is 483 g/mol. The lowest BCUT2D eigenvalue weighted by Crippen LogP contribution is -2.45. The Morgan fingerprint density at radius 2 is 1.58 bits per heavy atom. The maximum Gasteiger partial charge on any atom is 0.251 e. The molecule has 0 aliphatic heterocycles. The first kappa shape index (κ1) is 26.5. The average Bonchev–Trinajstić information content (AvgIpc) is 2.84. The summed E-state index contributed by atoms with van der Waals surface area (Å²) in [5.41, 5.74) is 0.0286. The van der Waals surface area contributed by atoms with Gasteiger partial charge in [0.15, 0.2) is 0 Å². The van der Waals surface area contributed by atoms with Gasteiger partial charge in [0.05, 0.1) is 11.0 Å². The Morgan fingerprint density at radius 1 is 0.972 bits per heavy atom. The van der Waals surface area contributed by atoms with Crippen LogP contribution in [0, 0.1) is 17.1 Å². The number of nitrogens with one attached hydrogen (secondary N) is 3. The highest BCUT2D eigenvalue weighted by molar-refractivity contribution is 7.89. The zero-order chi connectivity index (χ0) is 26.3. The molecule has 3 aromatic carbocycles. The molecule has 2 amide bonds. The van der Waals surface area contributed by atoms with Crippen molar-refractivity contribution in [2.45, 2.75) is 36.7 Å². The molecule has 0 fully saturated rings. The predicted octanol–water partition coefficient (Wildman–Crippen LogP) is 3.39. The third-order valence-electron chi connectivity index (χ3n) is 5.11. The Hall–Kier alpha value is -4.07. The maximum atomic E-state index is 13.2. The monoisotopic (exact) mass is 508 g/mol. The summed E-state index contributed by atoms with van der Waals surface area (Å²) in [4.78, 5) is 25.7. The molecule has 0 aromatic heterocycles. The summed E-state index contributed by atoms with van der Waals surface area (Å²) in [6.45, 7) is 2.87. The number of nitriles is 1.